The molecule has 6 aromatic rings. The number of benzene rings is 4. The van der Waals surface area contributed by atoms with Crippen LogP contribution in [0.15, 0.2) is 147 Å². The van der Waals surface area contributed by atoms with Crippen molar-refractivity contribution in [2.75, 3.05) is 5.32 Å². The van der Waals surface area contributed by atoms with Gasteiger partial charge in [0.2, 0.25) is 0 Å². The summed E-state index contributed by atoms with van der Waals surface area (Å²) >= 11 is 0. The SMILES string of the molecule is C=Cc1nn(C(c2ccccc2)(c2ccccc2)c2ccccc2)c2ccc(-c3cncc(NC(=C)CC(C)C)c3)cc12. The fourth-order valence-electron chi connectivity index (χ4n) is 6.05. The van der Waals surface area contributed by atoms with Crippen LogP contribution in [0.4, 0.5) is 5.69 Å². The average molecular weight is 561 g/mol. The maximum absolute atomic E-state index is 5.29. The maximum Gasteiger partial charge on any atom is 0.138 e. The van der Waals surface area contributed by atoms with Gasteiger partial charge < -0.3 is 5.32 Å². The van der Waals surface area contributed by atoms with Gasteiger partial charge in [-0.2, -0.15) is 5.10 Å². The standard InChI is InChI=1S/C39H36N4/c1-5-37-36-25-30(31-24-35(27-40-26-31)41-29(4)23-28(2)3)21-22-38(36)43(42-37)39(32-15-9-6-10-16-32,33-17-11-7-12-18-33)34-19-13-8-14-20-34/h5-22,24-28,41H,1,4,23H2,2-3H3. The van der Waals surface area contributed by atoms with E-state index in [0.29, 0.717) is 5.92 Å². The lowest BCUT2D eigenvalue weighted by Gasteiger charge is -2.37. The zero-order valence-corrected chi connectivity index (χ0v) is 24.7. The Labute approximate surface area is 254 Å². The topological polar surface area (TPSA) is 42.7 Å². The first-order chi connectivity index (χ1) is 21.0. The van der Waals surface area contributed by atoms with E-state index in [1.165, 1.54) is 0 Å². The Morgan fingerprint density at radius 1 is 0.791 bits per heavy atom. The fraction of sp³-hybridized carbons (Fsp3) is 0.128. The van der Waals surface area contributed by atoms with Crippen LogP contribution in [0.3, 0.4) is 0 Å². The molecule has 4 nitrogen and oxygen atoms in total. The molecule has 212 valence electrons. The molecule has 43 heavy (non-hydrogen) atoms. The molecular formula is C39H36N4. The Bertz CT molecular complexity index is 1770. The Morgan fingerprint density at radius 3 is 1.91 bits per heavy atom. The lowest BCUT2D eigenvalue weighted by atomic mass is 9.77. The number of pyridine rings is 1. The first kappa shape index (κ1) is 27.9. The highest BCUT2D eigenvalue weighted by molar-refractivity contribution is 5.91. The molecule has 0 fully saturated rings. The molecule has 1 N–H and O–H groups in total. The van der Waals surface area contributed by atoms with Gasteiger partial charge in [-0.25, -0.2) is 4.68 Å². The van der Waals surface area contributed by atoms with Crippen LogP contribution in [0.1, 0.15) is 42.7 Å². The second-order valence-electron chi connectivity index (χ2n) is 11.3. The van der Waals surface area contributed by atoms with E-state index in [4.69, 9.17) is 5.10 Å². The largest absolute Gasteiger partial charge is 0.358 e. The number of anilines is 1. The van der Waals surface area contributed by atoms with Gasteiger partial charge in [0.15, 0.2) is 0 Å². The number of hydrogen-bond donors (Lipinski definition) is 1. The van der Waals surface area contributed by atoms with Crippen LogP contribution < -0.4 is 5.32 Å². The van der Waals surface area contributed by atoms with Crippen LogP contribution >= 0.6 is 0 Å². The summed E-state index contributed by atoms with van der Waals surface area (Å²) in [5, 5.41) is 9.75. The number of aromatic nitrogens is 3. The molecule has 6 rings (SSSR count). The zero-order valence-electron chi connectivity index (χ0n) is 24.7. The molecule has 2 heterocycles. The van der Waals surface area contributed by atoms with Crippen molar-refractivity contribution in [1.82, 2.24) is 14.8 Å². The summed E-state index contributed by atoms with van der Waals surface area (Å²) in [6, 6.07) is 40.5. The molecule has 0 saturated carbocycles. The average Bonchev–Trinajstić information content (AvgIpc) is 3.41. The van der Waals surface area contributed by atoms with Crippen LogP contribution in [0.2, 0.25) is 0 Å². The van der Waals surface area contributed by atoms with Crippen LogP contribution in [0.25, 0.3) is 28.1 Å². The van der Waals surface area contributed by atoms with Gasteiger partial charge in [-0.05, 0) is 58.9 Å². The third-order valence-electron chi connectivity index (χ3n) is 7.84. The minimum Gasteiger partial charge on any atom is -0.358 e. The summed E-state index contributed by atoms with van der Waals surface area (Å²) in [4.78, 5) is 4.53. The van der Waals surface area contributed by atoms with E-state index in [-0.39, 0.29) is 0 Å². The van der Waals surface area contributed by atoms with Crippen molar-refractivity contribution in [3.8, 4) is 11.1 Å². The van der Waals surface area contributed by atoms with Crippen LogP contribution in [0, 0.1) is 5.92 Å². The number of hydrogen-bond acceptors (Lipinski definition) is 3. The molecule has 0 amide bonds. The van der Waals surface area contributed by atoms with Gasteiger partial charge in [-0.15, -0.1) is 0 Å². The molecule has 0 aliphatic rings. The molecule has 0 radical (unpaired) electrons. The zero-order chi connectivity index (χ0) is 29.8. The van der Waals surface area contributed by atoms with Crippen molar-refractivity contribution >= 4 is 22.7 Å². The summed E-state index contributed by atoms with van der Waals surface area (Å²) in [5.74, 6) is 0.530. The lowest BCUT2D eigenvalue weighted by molar-refractivity contribution is 0.475. The van der Waals surface area contributed by atoms with Crippen LogP contribution in [0.5, 0.6) is 0 Å². The molecule has 0 saturated heterocycles. The van der Waals surface area contributed by atoms with E-state index in [1.54, 1.807) is 0 Å². The van der Waals surface area contributed by atoms with Gasteiger partial charge in [0.1, 0.15) is 5.54 Å². The smallest absolute Gasteiger partial charge is 0.138 e. The molecule has 4 heteroatoms. The number of fused-ring (bicyclic) bond motifs is 1. The van der Waals surface area contributed by atoms with E-state index in [2.05, 4.69) is 157 Å². The van der Waals surface area contributed by atoms with Crippen molar-refractivity contribution in [3.05, 3.63) is 169 Å². The number of nitrogens with zero attached hydrogens (tertiary/aromatic N) is 3. The van der Waals surface area contributed by atoms with Gasteiger partial charge in [0.25, 0.3) is 0 Å². The van der Waals surface area contributed by atoms with E-state index in [0.717, 1.165) is 62.2 Å². The molecule has 0 spiro atoms. The van der Waals surface area contributed by atoms with Gasteiger partial charge >= 0.3 is 0 Å². The summed E-state index contributed by atoms with van der Waals surface area (Å²) < 4.78 is 2.18. The second-order valence-corrected chi connectivity index (χ2v) is 11.3. The Morgan fingerprint density at radius 2 is 1.37 bits per heavy atom. The van der Waals surface area contributed by atoms with E-state index >= 15 is 0 Å². The first-order valence-corrected chi connectivity index (χ1v) is 14.7. The number of rotatable bonds is 10. The molecule has 0 aliphatic carbocycles. The summed E-state index contributed by atoms with van der Waals surface area (Å²) in [6.07, 6.45) is 6.50. The molecule has 0 atom stereocenters. The fourth-order valence-corrected chi connectivity index (χ4v) is 6.05. The third kappa shape index (κ3) is 5.28. The van der Waals surface area contributed by atoms with E-state index in [1.807, 2.05) is 18.5 Å². The second kappa shape index (κ2) is 11.9. The third-order valence-corrected chi connectivity index (χ3v) is 7.84. The maximum atomic E-state index is 5.29. The Hall–Kier alpha value is -5.22. The Balaban J connectivity index is 1.56. The minimum absolute atomic E-state index is 0.530. The molecule has 2 aromatic heterocycles. The highest BCUT2D eigenvalue weighted by atomic mass is 15.3. The van der Waals surface area contributed by atoms with Gasteiger partial charge in [0.05, 0.1) is 23.1 Å². The van der Waals surface area contributed by atoms with Crippen molar-refractivity contribution in [1.29, 1.82) is 0 Å². The van der Waals surface area contributed by atoms with Gasteiger partial charge in [-0.3, -0.25) is 4.98 Å². The molecule has 4 aromatic carbocycles. The lowest BCUT2D eigenvalue weighted by Crippen LogP contribution is -2.38. The highest BCUT2D eigenvalue weighted by Crippen LogP contribution is 2.43. The minimum atomic E-state index is -0.715. The predicted molar refractivity (Wildman–Crippen MR) is 180 cm³/mol. The van der Waals surface area contributed by atoms with Gasteiger partial charge in [0, 0.05) is 22.8 Å². The normalized spacial score (nSPS) is 11.5. The molecular weight excluding hydrogens is 524 g/mol. The van der Waals surface area contributed by atoms with Crippen molar-refractivity contribution in [2.24, 2.45) is 5.92 Å². The summed E-state index contributed by atoms with van der Waals surface area (Å²) in [7, 11) is 0. The summed E-state index contributed by atoms with van der Waals surface area (Å²) in [5.41, 5.74) is 8.51. The van der Waals surface area contributed by atoms with Crippen LogP contribution in [-0.2, 0) is 5.54 Å². The first-order valence-electron chi connectivity index (χ1n) is 14.7. The molecule has 0 aliphatic heterocycles. The van der Waals surface area contributed by atoms with E-state index < -0.39 is 5.54 Å². The monoisotopic (exact) mass is 560 g/mol. The molecule has 0 unspecified atom stereocenters. The summed E-state index contributed by atoms with van der Waals surface area (Å²) in [6.45, 7) is 12.7. The van der Waals surface area contributed by atoms with Gasteiger partial charge in [-0.1, -0.05) is 124 Å². The molecule has 0 bridgehead atoms. The Kier molecular flexibility index (Phi) is 7.76. The highest BCUT2D eigenvalue weighted by Gasteiger charge is 2.40. The quantitative estimate of drug-likeness (QED) is 0.170. The predicted octanol–water partition coefficient (Wildman–Crippen LogP) is 9.55. The number of nitrogens with one attached hydrogen (secondary N) is 1. The van der Waals surface area contributed by atoms with Crippen molar-refractivity contribution < 1.29 is 0 Å². The van der Waals surface area contributed by atoms with Crippen molar-refractivity contribution in [2.45, 2.75) is 25.8 Å². The van der Waals surface area contributed by atoms with Crippen LogP contribution in [-0.4, -0.2) is 14.8 Å². The van der Waals surface area contributed by atoms with Crippen molar-refractivity contribution in [3.63, 3.8) is 0 Å². The van der Waals surface area contributed by atoms with E-state index in [9.17, 15) is 0 Å². The number of allylic oxidation sites excluding steroid dienone is 1.